The largest absolute Gasteiger partial charge is 0.481 e. The van der Waals surface area contributed by atoms with Crippen LogP contribution in [0.4, 0.5) is 17.1 Å². The molecular formula is C24H23Cl2N5O8. The Labute approximate surface area is 231 Å². The maximum atomic E-state index is 13.7. The SMILES string of the molecule is Nc1c(Cl)cc(C(=O)N[C@H]2CN(C(=O)CO)c3ccccc3N(CC(=O)N[C@H](C=O)CC(=O)O)C2=O)cc1Cl. The minimum absolute atomic E-state index is 0.00581. The lowest BCUT2D eigenvalue weighted by Crippen LogP contribution is -2.55. The third-order valence-electron chi connectivity index (χ3n) is 5.68. The Morgan fingerprint density at radius 3 is 2.31 bits per heavy atom. The van der Waals surface area contributed by atoms with Crippen LogP contribution in [0, 0.1) is 0 Å². The van der Waals surface area contributed by atoms with Crippen LogP contribution in [0.5, 0.6) is 0 Å². The molecule has 0 aliphatic carbocycles. The number of carbonyl (C=O) groups excluding carboxylic acids is 5. The molecule has 0 saturated carbocycles. The summed E-state index contributed by atoms with van der Waals surface area (Å²) in [5, 5.41) is 23.2. The van der Waals surface area contributed by atoms with Crippen LogP contribution in [0.2, 0.25) is 10.0 Å². The van der Waals surface area contributed by atoms with Crippen LogP contribution >= 0.6 is 23.2 Å². The van der Waals surface area contributed by atoms with E-state index in [0.29, 0.717) is 0 Å². The first-order valence-electron chi connectivity index (χ1n) is 11.3. The molecule has 0 aromatic heterocycles. The Morgan fingerprint density at radius 1 is 1.13 bits per heavy atom. The second-order valence-electron chi connectivity index (χ2n) is 8.36. The number of aliphatic hydroxyl groups is 1. The van der Waals surface area contributed by atoms with Crippen LogP contribution in [0.15, 0.2) is 36.4 Å². The molecule has 1 aliphatic rings. The number of aliphatic carboxylic acids is 1. The van der Waals surface area contributed by atoms with E-state index >= 15 is 0 Å². The topological polar surface area (TPSA) is 199 Å². The molecule has 2 atom stereocenters. The zero-order valence-electron chi connectivity index (χ0n) is 20.1. The molecule has 1 aliphatic heterocycles. The number of nitrogen functional groups attached to an aromatic ring is 1. The van der Waals surface area contributed by atoms with E-state index in [0.717, 1.165) is 9.80 Å². The third-order valence-corrected chi connectivity index (χ3v) is 6.31. The number of carboxylic acid groups (broad SMARTS) is 1. The molecule has 0 fully saturated rings. The number of fused-ring (bicyclic) bond motifs is 1. The van der Waals surface area contributed by atoms with Gasteiger partial charge in [-0.1, -0.05) is 35.3 Å². The number of amides is 4. The fraction of sp³-hybridized carbons (Fsp3) is 0.250. The van der Waals surface area contributed by atoms with Crippen molar-refractivity contribution in [3.63, 3.8) is 0 Å². The van der Waals surface area contributed by atoms with Gasteiger partial charge in [0.15, 0.2) is 0 Å². The Morgan fingerprint density at radius 2 is 1.74 bits per heavy atom. The van der Waals surface area contributed by atoms with Gasteiger partial charge in [0.05, 0.1) is 46.1 Å². The van der Waals surface area contributed by atoms with Crippen LogP contribution < -0.4 is 26.2 Å². The Balaban J connectivity index is 1.98. The number of carboxylic acids is 1. The Hall–Kier alpha value is -4.20. The van der Waals surface area contributed by atoms with Gasteiger partial charge in [-0.2, -0.15) is 0 Å². The first kappa shape index (κ1) is 29.4. The van der Waals surface area contributed by atoms with Crippen molar-refractivity contribution in [2.24, 2.45) is 0 Å². The summed E-state index contributed by atoms with van der Waals surface area (Å²) in [6, 6.07) is 5.70. The van der Waals surface area contributed by atoms with Gasteiger partial charge in [-0.05, 0) is 24.3 Å². The summed E-state index contributed by atoms with van der Waals surface area (Å²) in [5.41, 5.74) is 5.97. The van der Waals surface area contributed by atoms with Crippen molar-refractivity contribution in [3.8, 4) is 0 Å². The summed E-state index contributed by atoms with van der Waals surface area (Å²) in [7, 11) is 0. The molecule has 39 heavy (non-hydrogen) atoms. The predicted molar refractivity (Wildman–Crippen MR) is 141 cm³/mol. The minimum Gasteiger partial charge on any atom is -0.481 e. The molecule has 15 heteroatoms. The number of rotatable bonds is 9. The highest BCUT2D eigenvalue weighted by Gasteiger charge is 2.38. The van der Waals surface area contributed by atoms with Crippen molar-refractivity contribution in [1.29, 1.82) is 0 Å². The molecule has 4 amide bonds. The summed E-state index contributed by atoms with van der Waals surface area (Å²) in [6.45, 7) is -2.01. The molecular weight excluding hydrogens is 557 g/mol. The molecule has 6 N–H and O–H groups in total. The summed E-state index contributed by atoms with van der Waals surface area (Å²) >= 11 is 12.0. The summed E-state index contributed by atoms with van der Waals surface area (Å²) in [4.78, 5) is 76.4. The maximum absolute atomic E-state index is 13.7. The zero-order chi connectivity index (χ0) is 28.9. The van der Waals surface area contributed by atoms with Crippen LogP contribution in [0.3, 0.4) is 0 Å². The predicted octanol–water partition coefficient (Wildman–Crippen LogP) is 0.204. The summed E-state index contributed by atoms with van der Waals surface area (Å²) < 4.78 is 0. The standard InChI is InChI=1S/C24H23Cl2N5O8/c25-14-5-12(6-15(26)22(14)27)23(38)29-16-8-30(20(35)11-33)17-3-1-2-4-18(17)31(24(16)39)9-19(34)28-13(10-32)7-21(36)37/h1-6,10,13,16,33H,7-9,11,27H2,(H,28,34)(H,29,38)(H,36,37)/t13-,16-/m0/s1. The van der Waals surface area contributed by atoms with Gasteiger partial charge in [-0.15, -0.1) is 0 Å². The fourth-order valence-corrected chi connectivity index (χ4v) is 4.34. The highest BCUT2D eigenvalue weighted by Crippen LogP contribution is 2.33. The molecule has 13 nitrogen and oxygen atoms in total. The first-order valence-corrected chi connectivity index (χ1v) is 12.1. The van der Waals surface area contributed by atoms with Crippen molar-refractivity contribution in [3.05, 3.63) is 52.0 Å². The number of para-hydroxylation sites is 2. The summed E-state index contributed by atoms with van der Waals surface area (Å²) in [6.07, 6.45) is -0.429. The van der Waals surface area contributed by atoms with E-state index in [1.807, 2.05) is 0 Å². The van der Waals surface area contributed by atoms with Gasteiger partial charge in [0.1, 0.15) is 25.5 Å². The molecule has 0 radical (unpaired) electrons. The number of aldehydes is 1. The van der Waals surface area contributed by atoms with Crippen LogP contribution in [-0.4, -0.2) is 77.9 Å². The van der Waals surface area contributed by atoms with Crippen LogP contribution in [0.1, 0.15) is 16.8 Å². The number of nitrogens with zero attached hydrogens (tertiary/aromatic N) is 2. The lowest BCUT2D eigenvalue weighted by atomic mass is 10.1. The van der Waals surface area contributed by atoms with Crippen molar-refractivity contribution >= 4 is 76.1 Å². The van der Waals surface area contributed by atoms with Crippen molar-refractivity contribution in [2.45, 2.75) is 18.5 Å². The number of aliphatic hydroxyl groups excluding tert-OH is 1. The number of anilines is 3. The van der Waals surface area contributed by atoms with Gasteiger partial charge in [-0.3, -0.25) is 28.9 Å². The lowest BCUT2D eigenvalue weighted by Gasteiger charge is -2.25. The van der Waals surface area contributed by atoms with Crippen molar-refractivity contribution in [2.75, 3.05) is 35.2 Å². The van der Waals surface area contributed by atoms with E-state index in [1.54, 1.807) is 6.07 Å². The minimum atomic E-state index is -1.43. The van der Waals surface area contributed by atoms with E-state index in [-0.39, 0.29) is 39.0 Å². The fourth-order valence-electron chi connectivity index (χ4n) is 3.85. The molecule has 3 rings (SSSR count). The molecule has 0 unspecified atom stereocenters. The van der Waals surface area contributed by atoms with E-state index in [1.165, 1.54) is 30.3 Å². The summed E-state index contributed by atoms with van der Waals surface area (Å²) in [5.74, 6) is -4.60. The average Bonchev–Trinajstić information content (AvgIpc) is 3.01. The van der Waals surface area contributed by atoms with E-state index in [9.17, 15) is 33.9 Å². The van der Waals surface area contributed by atoms with Gasteiger partial charge in [0, 0.05) is 5.56 Å². The second-order valence-corrected chi connectivity index (χ2v) is 9.18. The quantitative estimate of drug-likeness (QED) is 0.203. The number of hydrogen-bond acceptors (Lipinski definition) is 8. The number of nitrogens with two attached hydrogens (primary N) is 1. The van der Waals surface area contributed by atoms with Crippen molar-refractivity contribution < 1.29 is 39.0 Å². The van der Waals surface area contributed by atoms with Crippen LogP contribution in [-0.2, 0) is 24.0 Å². The van der Waals surface area contributed by atoms with Crippen LogP contribution in [0.25, 0.3) is 0 Å². The normalized spacial score (nSPS) is 15.6. The molecule has 2 aromatic rings. The molecule has 0 saturated heterocycles. The Kier molecular flexibility index (Phi) is 9.46. The Bertz CT molecular complexity index is 1310. The van der Waals surface area contributed by atoms with Gasteiger partial charge in [0.2, 0.25) is 5.91 Å². The smallest absolute Gasteiger partial charge is 0.305 e. The highest BCUT2D eigenvalue weighted by molar-refractivity contribution is 6.39. The van der Waals surface area contributed by atoms with E-state index in [2.05, 4.69) is 10.6 Å². The number of hydrogen-bond donors (Lipinski definition) is 5. The number of benzene rings is 2. The van der Waals surface area contributed by atoms with E-state index < -0.39 is 67.8 Å². The number of halogens is 2. The molecule has 0 spiro atoms. The molecule has 1 heterocycles. The highest BCUT2D eigenvalue weighted by atomic mass is 35.5. The van der Waals surface area contributed by atoms with E-state index in [4.69, 9.17) is 34.0 Å². The number of nitrogens with one attached hydrogen (secondary N) is 2. The second kappa shape index (κ2) is 12.6. The molecule has 0 bridgehead atoms. The van der Waals surface area contributed by atoms with Gasteiger partial charge in [-0.25, -0.2) is 0 Å². The first-order chi connectivity index (χ1) is 18.5. The molecule has 206 valence electrons. The van der Waals surface area contributed by atoms with Gasteiger partial charge in [0.25, 0.3) is 17.7 Å². The van der Waals surface area contributed by atoms with Crippen molar-refractivity contribution in [1.82, 2.24) is 10.6 Å². The average molecular weight is 580 g/mol. The number of carbonyl (C=O) groups is 6. The van der Waals surface area contributed by atoms with Gasteiger partial charge < -0.3 is 36.3 Å². The lowest BCUT2D eigenvalue weighted by molar-refractivity contribution is -0.139. The molecule has 2 aromatic carbocycles. The zero-order valence-corrected chi connectivity index (χ0v) is 21.6. The third kappa shape index (κ3) is 6.82. The van der Waals surface area contributed by atoms with Gasteiger partial charge >= 0.3 is 5.97 Å². The maximum Gasteiger partial charge on any atom is 0.305 e. The monoisotopic (exact) mass is 579 g/mol.